The molecular weight excluding hydrogens is 139 g/mol. The second kappa shape index (κ2) is 4.22. The van der Waals surface area contributed by atoms with Gasteiger partial charge in [-0.15, -0.1) is 0 Å². The third-order valence-corrected chi connectivity index (χ3v) is 0.963. The van der Waals surface area contributed by atoms with Crippen molar-refractivity contribution in [2.75, 3.05) is 6.61 Å². The summed E-state index contributed by atoms with van der Waals surface area (Å²) in [6.45, 7) is 2.84. The fourth-order valence-corrected chi connectivity index (χ4v) is 0.415. The Labute approximate surface area is 58.8 Å². The van der Waals surface area contributed by atoms with Gasteiger partial charge in [0.2, 0.25) is 0 Å². The number of hydrogen-bond acceptors (Lipinski definition) is 3. The van der Waals surface area contributed by atoms with Gasteiger partial charge in [-0.3, -0.25) is 0 Å². The van der Waals surface area contributed by atoms with Crippen molar-refractivity contribution in [2.24, 2.45) is 0 Å². The third-order valence-electron chi connectivity index (χ3n) is 0.963. The van der Waals surface area contributed by atoms with Crippen LogP contribution in [-0.4, -0.2) is 30.0 Å². The normalized spacial score (nSPS) is 16.0. The molecular formula is C6H11FO3. The van der Waals surface area contributed by atoms with Crippen LogP contribution in [0.5, 0.6) is 0 Å². The molecule has 10 heavy (non-hydrogen) atoms. The van der Waals surface area contributed by atoms with Crippen LogP contribution in [0, 0.1) is 0 Å². The number of carbonyl (C=O) groups excluding carboxylic acids is 1. The van der Waals surface area contributed by atoms with Crippen molar-refractivity contribution < 1.29 is 19.0 Å². The van der Waals surface area contributed by atoms with E-state index in [0.717, 1.165) is 6.92 Å². The zero-order valence-electron chi connectivity index (χ0n) is 6.00. The lowest BCUT2D eigenvalue weighted by Gasteiger charge is -2.09. The average molecular weight is 150 g/mol. The van der Waals surface area contributed by atoms with Crippen molar-refractivity contribution in [3.8, 4) is 0 Å². The number of alkyl halides is 1. The molecule has 0 aliphatic rings. The van der Waals surface area contributed by atoms with E-state index in [1.165, 1.54) is 0 Å². The van der Waals surface area contributed by atoms with Gasteiger partial charge in [-0.25, -0.2) is 9.18 Å². The van der Waals surface area contributed by atoms with Gasteiger partial charge in [0.1, 0.15) is 6.17 Å². The Hall–Kier alpha value is -0.640. The number of hydrogen-bond donors (Lipinski definition) is 1. The number of rotatable bonds is 3. The number of ether oxygens (including phenoxy) is 1. The van der Waals surface area contributed by atoms with Crippen molar-refractivity contribution in [1.29, 1.82) is 0 Å². The molecule has 1 N–H and O–H groups in total. The van der Waals surface area contributed by atoms with Gasteiger partial charge in [0.15, 0.2) is 6.10 Å². The number of halogens is 1. The first kappa shape index (κ1) is 9.36. The molecule has 0 bridgehead atoms. The van der Waals surface area contributed by atoms with Crippen molar-refractivity contribution in [1.82, 2.24) is 0 Å². The van der Waals surface area contributed by atoms with Crippen LogP contribution in [0.15, 0.2) is 0 Å². The van der Waals surface area contributed by atoms with Crippen molar-refractivity contribution in [3.63, 3.8) is 0 Å². The molecule has 0 heterocycles. The van der Waals surface area contributed by atoms with Gasteiger partial charge in [-0.1, -0.05) is 0 Å². The molecule has 0 aromatic rings. The number of esters is 1. The van der Waals surface area contributed by atoms with Gasteiger partial charge >= 0.3 is 5.97 Å². The van der Waals surface area contributed by atoms with Crippen LogP contribution >= 0.6 is 0 Å². The molecule has 0 fully saturated rings. The van der Waals surface area contributed by atoms with E-state index in [-0.39, 0.29) is 6.61 Å². The summed E-state index contributed by atoms with van der Waals surface area (Å²) in [7, 11) is 0. The standard InChI is InChI=1S/C6H11FO3/c1-3-10-6(9)5(8)4(2)7/h4-5,8H,3H2,1-2H3. The third kappa shape index (κ3) is 2.77. The van der Waals surface area contributed by atoms with Gasteiger partial charge in [0, 0.05) is 0 Å². The van der Waals surface area contributed by atoms with Crippen LogP contribution in [0.2, 0.25) is 0 Å². The van der Waals surface area contributed by atoms with Crippen molar-refractivity contribution >= 4 is 5.97 Å². The largest absolute Gasteiger partial charge is 0.464 e. The summed E-state index contributed by atoms with van der Waals surface area (Å²) in [5.74, 6) is -0.905. The SMILES string of the molecule is CCOC(=O)C(O)C(C)F. The molecule has 0 rings (SSSR count). The number of carbonyl (C=O) groups is 1. The summed E-state index contributed by atoms with van der Waals surface area (Å²) in [5, 5.41) is 8.68. The Morgan fingerprint density at radius 1 is 1.80 bits per heavy atom. The fourth-order valence-electron chi connectivity index (χ4n) is 0.415. The van der Waals surface area contributed by atoms with E-state index in [1.54, 1.807) is 6.92 Å². The molecule has 4 heteroatoms. The fraction of sp³-hybridized carbons (Fsp3) is 0.833. The summed E-state index contributed by atoms with van der Waals surface area (Å²) in [5.41, 5.74) is 0. The Balaban J connectivity index is 3.71. The van der Waals surface area contributed by atoms with Crippen molar-refractivity contribution in [2.45, 2.75) is 26.1 Å². The van der Waals surface area contributed by atoms with Crippen LogP contribution in [0.25, 0.3) is 0 Å². The number of aliphatic hydroxyl groups is 1. The van der Waals surface area contributed by atoms with Crippen LogP contribution in [0.4, 0.5) is 4.39 Å². The van der Waals surface area contributed by atoms with Crippen LogP contribution in [0.3, 0.4) is 0 Å². The van der Waals surface area contributed by atoms with Gasteiger partial charge in [-0.05, 0) is 13.8 Å². The summed E-state index contributed by atoms with van der Waals surface area (Å²) in [6, 6.07) is 0. The second-order valence-electron chi connectivity index (χ2n) is 1.87. The highest BCUT2D eigenvalue weighted by Gasteiger charge is 2.22. The molecule has 0 aliphatic carbocycles. The van der Waals surface area contributed by atoms with E-state index in [2.05, 4.69) is 4.74 Å². The highest BCUT2D eigenvalue weighted by Crippen LogP contribution is 1.99. The molecule has 0 amide bonds. The monoisotopic (exact) mass is 150 g/mol. The molecule has 0 saturated carbocycles. The molecule has 0 aliphatic heterocycles. The highest BCUT2D eigenvalue weighted by molar-refractivity contribution is 5.74. The van der Waals surface area contributed by atoms with Crippen LogP contribution in [0.1, 0.15) is 13.8 Å². The molecule has 3 nitrogen and oxygen atoms in total. The van der Waals surface area contributed by atoms with Crippen LogP contribution in [-0.2, 0) is 9.53 Å². The van der Waals surface area contributed by atoms with Gasteiger partial charge in [0.05, 0.1) is 6.61 Å². The van der Waals surface area contributed by atoms with Gasteiger partial charge in [-0.2, -0.15) is 0 Å². The second-order valence-corrected chi connectivity index (χ2v) is 1.87. The predicted octanol–water partition coefficient (Wildman–Crippen LogP) is 0.268. The summed E-state index contributed by atoms with van der Waals surface area (Å²) >= 11 is 0. The van der Waals surface area contributed by atoms with E-state index in [0.29, 0.717) is 0 Å². The first-order valence-corrected chi connectivity index (χ1v) is 3.08. The van der Waals surface area contributed by atoms with Crippen molar-refractivity contribution in [3.05, 3.63) is 0 Å². The molecule has 0 aromatic carbocycles. The lowest BCUT2D eigenvalue weighted by atomic mass is 10.2. The van der Waals surface area contributed by atoms with E-state index < -0.39 is 18.2 Å². The predicted molar refractivity (Wildman–Crippen MR) is 33.2 cm³/mol. The zero-order valence-corrected chi connectivity index (χ0v) is 6.00. The smallest absolute Gasteiger partial charge is 0.338 e. The Kier molecular flexibility index (Phi) is 3.95. The first-order chi connectivity index (χ1) is 4.59. The van der Waals surface area contributed by atoms with E-state index in [1.807, 2.05) is 0 Å². The molecule has 2 atom stereocenters. The lowest BCUT2D eigenvalue weighted by Crippen LogP contribution is -2.30. The Morgan fingerprint density at radius 3 is 2.60 bits per heavy atom. The maximum Gasteiger partial charge on any atom is 0.338 e. The Bertz CT molecular complexity index is 114. The molecule has 2 unspecified atom stereocenters. The van der Waals surface area contributed by atoms with E-state index in [4.69, 9.17) is 5.11 Å². The quantitative estimate of drug-likeness (QED) is 0.587. The first-order valence-electron chi connectivity index (χ1n) is 3.08. The summed E-state index contributed by atoms with van der Waals surface area (Å²) < 4.78 is 16.5. The summed E-state index contributed by atoms with van der Waals surface area (Å²) in [4.78, 5) is 10.5. The molecule has 0 saturated heterocycles. The molecule has 0 radical (unpaired) electrons. The topological polar surface area (TPSA) is 46.5 Å². The van der Waals surface area contributed by atoms with Gasteiger partial charge < -0.3 is 9.84 Å². The van der Waals surface area contributed by atoms with Gasteiger partial charge in [0.25, 0.3) is 0 Å². The minimum Gasteiger partial charge on any atom is -0.464 e. The average Bonchev–Trinajstić information content (AvgIpc) is 1.87. The molecule has 0 spiro atoms. The maximum absolute atomic E-state index is 12.1. The molecule has 0 aromatic heterocycles. The highest BCUT2D eigenvalue weighted by atomic mass is 19.1. The van der Waals surface area contributed by atoms with Crippen LogP contribution < -0.4 is 0 Å². The lowest BCUT2D eigenvalue weighted by molar-refractivity contribution is -0.156. The van der Waals surface area contributed by atoms with E-state index in [9.17, 15) is 9.18 Å². The zero-order chi connectivity index (χ0) is 8.15. The molecule has 60 valence electrons. The Morgan fingerprint density at radius 2 is 2.30 bits per heavy atom. The number of aliphatic hydroxyl groups excluding tert-OH is 1. The minimum absolute atomic E-state index is 0.155. The van der Waals surface area contributed by atoms with E-state index >= 15 is 0 Å². The summed E-state index contributed by atoms with van der Waals surface area (Å²) in [6.07, 6.45) is -3.21. The minimum atomic E-state index is -1.64. The maximum atomic E-state index is 12.1.